The van der Waals surface area contributed by atoms with Crippen LogP contribution in [0.5, 0.6) is 0 Å². The highest BCUT2D eigenvalue weighted by molar-refractivity contribution is 7.55. The summed E-state index contributed by atoms with van der Waals surface area (Å²) >= 11 is 16.9. The van der Waals surface area contributed by atoms with Gasteiger partial charge >= 0.3 is 19.9 Å². The molecule has 25 heavy (non-hydrogen) atoms. The lowest BCUT2D eigenvalue weighted by atomic mass is 10.2. The van der Waals surface area contributed by atoms with Crippen molar-refractivity contribution in [2.24, 2.45) is 0 Å². The maximum Gasteiger partial charge on any atom is 0.416 e. The normalized spacial score (nSPS) is 14.1. The van der Waals surface area contributed by atoms with Crippen LogP contribution in [0.1, 0.15) is 5.56 Å². The highest BCUT2D eigenvalue weighted by Gasteiger charge is 2.51. The molecular formula is C12H12Cl3F3NO5P. The average Bonchev–Trinajstić information content (AvgIpc) is 2.50. The first-order valence-electron chi connectivity index (χ1n) is 6.26. The summed E-state index contributed by atoms with van der Waals surface area (Å²) in [5.74, 6) is -1.97. The van der Waals surface area contributed by atoms with E-state index >= 15 is 0 Å². The van der Waals surface area contributed by atoms with E-state index in [0.29, 0.717) is 6.07 Å². The molecular weight excluding hydrogens is 432 g/mol. The maximum atomic E-state index is 12.7. The van der Waals surface area contributed by atoms with E-state index in [-0.39, 0.29) is 5.69 Å². The van der Waals surface area contributed by atoms with E-state index in [4.69, 9.17) is 39.5 Å². The Kier molecular flexibility index (Phi) is 7.44. The Balaban J connectivity index is 2.98. The van der Waals surface area contributed by atoms with Gasteiger partial charge in [0, 0.05) is 19.9 Å². The van der Waals surface area contributed by atoms with Gasteiger partial charge in [0.25, 0.3) is 5.85 Å². The van der Waals surface area contributed by atoms with E-state index in [0.717, 1.165) is 26.4 Å². The Morgan fingerprint density at radius 2 is 1.76 bits per heavy atom. The molecule has 1 atom stereocenters. The molecule has 0 aliphatic rings. The van der Waals surface area contributed by atoms with Crippen LogP contribution in [-0.2, 0) is 24.5 Å². The molecule has 0 aliphatic heterocycles. The van der Waals surface area contributed by atoms with Gasteiger partial charge in [-0.15, -0.1) is 0 Å². The maximum absolute atomic E-state index is 12.7. The molecule has 142 valence electrons. The first-order chi connectivity index (χ1) is 11.3. The lowest BCUT2D eigenvalue weighted by Crippen LogP contribution is -2.34. The molecule has 0 fully saturated rings. The minimum atomic E-state index is -4.61. The third-order valence-corrected chi connectivity index (χ3v) is 5.87. The fourth-order valence-corrected chi connectivity index (χ4v) is 3.92. The van der Waals surface area contributed by atoms with Crippen LogP contribution in [0, 0.1) is 0 Å². The molecule has 1 amide bonds. The fourth-order valence-electron chi connectivity index (χ4n) is 1.60. The second-order valence-electron chi connectivity index (χ2n) is 4.41. The minimum Gasteiger partial charge on any atom is -0.428 e. The highest BCUT2D eigenvalue weighted by Crippen LogP contribution is 2.59. The summed E-state index contributed by atoms with van der Waals surface area (Å²) in [4.78, 5) is 11.9. The number of carbonyl (C=O) groups is 1. The number of amides is 1. The number of hydrogen-bond donors (Lipinski definition) is 1. The number of nitrogens with one attached hydrogen (secondary N) is 1. The number of halogens is 6. The predicted octanol–water partition coefficient (Wildman–Crippen LogP) is 5.44. The van der Waals surface area contributed by atoms with Gasteiger partial charge in [0.1, 0.15) is 0 Å². The molecule has 1 rings (SSSR count). The largest absolute Gasteiger partial charge is 0.428 e. The second-order valence-corrected chi connectivity index (χ2v) is 9.06. The first kappa shape index (κ1) is 22.3. The van der Waals surface area contributed by atoms with Crippen LogP contribution in [0.2, 0.25) is 0 Å². The SMILES string of the molecule is COP(=O)(OC)[C@H](OC(=O)Nc1cccc(C(F)(F)F)c1)C(Cl)(Cl)Cl. The van der Waals surface area contributed by atoms with Crippen molar-refractivity contribution >= 4 is 54.2 Å². The summed E-state index contributed by atoms with van der Waals surface area (Å²) in [6, 6.07) is 3.72. The van der Waals surface area contributed by atoms with Crippen LogP contribution in [-0.4, -0.2) is 30.0 Å². The third-order valence-electron chi connectivity index (χ3n) is 2.73. The predicted molar refractivity (Wildman–Crippen MR) is 87.3 cm³/mol. The van der Waals surface area contributed by atoms with Crippen LogP contribution < -0.4 is 5.32 Å². The van der Waals surface area contributed by atoms with Crippen molar-refractivity contribution in [3.63, 3.8) is 0 Å². The number of benzene rings is 1. The van der Waals surface area contributed by atoms with Gasteiger partial charge in [-0.3, -0.25) is 9.88 Å². The molecule has 0 saturated carbocycles. The van der Waals surface area contributed by atoms with E-state index in [1.165, 1.54) is 6.07 Å². The van der Waals surface area contributed by atoms with Crippen molar-refractivity contribution in [3.8, 4) is 0 Å². The van der Waals surface area contributed by atoms with E-state index in [1.807, 2.05) is 5.32 Å². The number of ether oxygens (including phenoxy) is 1. The molecule has 0 saturated heterocycles. The van der Waals surface area contributed by atoms with Gasteiger partial charge < -0.3 is 13.8 Å². The van der Waals surface area contributed by atoms with E-state index in [2.05, 4.69) is 9.05 Å². The van der Waals surface area contributed by atoms with Crippen molar-refractivity contribution in [1.82, 2.24) is 0 Å². The number of hydrogen-bond acceptors (Lipinski definition) is 5. The van der Waals surface area contributed by atoms with Crippen LogP contribution in [0.4, 0.5) is 23.7 Å². The molecule has 0 bridgehead atoms. The summed E-state index contributed by atoms with van der Waals surface area (Å²) in [5.41, 5.74) is -1.24. The Hall–Kier alpha value is -0.700. The Morgan fingerprint density at radius 1 is 1.20 bits per heavy atom. The summed E-state index contributed by atoms with van der Waals surface area (Å²) in [7, 11) is -2.22. The number of alkyl halides is 6. The van der Waals surface area contributed by atoms with Gasteiger partial charge in [-0.2, -0.15) is 13.2 Å². The molecule has 1 aromatic rings. The minimum absolute atomic E-state index is 0.243. The number of carbonyl (C=O) groups excluding carboxylic acids is 1. The van der Waals surface area contributed by atoms with Crippen molar-refractivity contribution in [2.75, 3.05) is 19.5 Å². The highest BCUT2D eigenvalue weighted by atomic mass is 35.6. The molecule has 13 heteroatoms. The monoisotopic (exact) mass is 443 g/mol. The van der Waals surface area contributed by atoms with E-state index in [9.17, 15) is 22.5 Å². The van der Waals surface area contributed by atoms with Crippen LogP contribution in [0.25, 0.3) is 0 Å². The molecule has 0 heterocycles. The quantitative estimate of drug-likeness (QED) is 0.484. The summed E-state index contributed by atoms with van der Waals surface area (Å²) in [5, 5.41) is 2.01. The molecule has 1 N–H and O–H groups in total. The van der Waals surface area contributed by atoms with Crippen LogP contribution >= 0.6 is 42.4 Å². The summed E-state index contributed by atoms with van der Waals surface area (Å²) < 4.78 is 61.9. The zero-order valence-electron chi connectivity index (χ0n) is 12.6. The van der Waals surface area contributed by atoms with Crippen LogP contribution in [0.15, 0.2) is 24.3 Å². The molecule has 6 nitrogen and oxygen atoms in total. The lowest BCUT2D eigenvalue weighted by molar-refractivity contribution is -0.137. The van der Waals surface area contributed by atoms with Crippen molar-refractivity contribution in [3.05, 3.63) is 29.8 Å². The molecule has 0 aliphatic carbocycles. The second kappa shape index (κ2) is 8.33. The summed E-state index contributed by atoms with van der Waals surface area (Å²) in [6.45, 7) is 0. The average molecular weight is 445 g/mol. The van der Waals surface area contributed by atoms with Gasteiger partial charge in [-0.05, 0) is 18.2 Å². The van der Waals surface area contributed by atoms with E-state index < -0.39 is 35.1 Å². The van der Waals surface area contributed by atoms with Gasteiger partial charge in [0.15, 0.2) is 0 Å². The molecule has 0 spiro atoms. The topological polar surface area (TPSA) is 73.9 Å². The third kappa shape index (κ3) is 6.20. The zero-order valence-corrected chi connectivity index (χ0v) is 15.8. The summed E-state index contributed by atoms with van der Waals surface area (Å²) in [6.07, 6.45) is -5.94. The number of rotatable bonds is 5. The van der Waals surface area contributed by atoms with Gasteiger partial charge in [0.2, 0.25) is 3.79 Å². The Labute approximate surface area is 156 Å². The smallest absolute Gasteiger partial charge is 0.416 e. The Bertz CT molecular complexity index is 660. The van der Waals surface area contributed by atoms with Crippen LogP contribution in [0.3, 0.4) is 0 Å². The lowest BCUT2D eigenvalue weighted by Gasteiger charge is -2.28. The molecule has 0 radical (unpaired) electrons. The molecule has 0 unspecified atom stereocenters. The number of anilines is 1. The van der Waals surface area contributed by atoms with E-state index in [1.54, 1.807) is 0 Å². The van der Waals surface area contributed by atoms with Crippen molar-refractivity contribution in [2.45, 2.75) is 15.8 Å². The van der Waals surface area contributed by atoms with Gasteiger partial charge in [0.05, 0.1) is 5.56 Å². The molecule has 0 aromatic heterocycles. The Morgan fingerprint density at radius 3 is 2.20 bits per heavy atom. The zero-order chi connectivity index (χ0) is 19.5. The van der Waals surface area contributed by atoms with Gasteiger partial charge in [-0.25, -0.2) is 4.79 Å². The first-order valence-corrected chi connectivity index (χ1v) is 9.01. The fraction of sp³-hybridized carbons (Fsp3) is 0.417. The molecule has 1 aromatic carbocycles. The van der Waals surface area contributed by atoms with Gasteiger partial charge in [-0.1, -0.05) is 40.9 Å². The van der Waals surface area contributed by atoms with Crippen molar-refractivity contribution < 1.29 is 36.3 Å². The van der Waals surface area contributed by atoms with Crippen molar-refractivity contribution in [1.29, 1.82) is 0 Å². The standard InChI is InChI=1S/C12H12Cl3F3NO5P/c1-22-25(21,23-2)9(11(13,14)15)24-10(20)19-8-5-3-4-7(6-8)12(16,17)18/h3-6,9H,1-2H3,(H,19,20)/t9-/m0/s1.